The minimum Gasteiger partial charge on any atom is -0.494 e. The summed E-state index contributed by atoms with van der Waals surface area (Å²) in [5.74, 6) is -0.159. The second kappa shape index (κ2) is 16.3. The predicted octanol–water partition coefficient (Wildman–Crippen LogP) is 6.37. The Morgan fingerprint density at radius 1 is 0.787 bits per heavy atom. The van der Waals surface area contributed by atoms with Crippen LogP contribution in [0.4, 0.5) is 5.69 Å². The molecule has 0 bridgehead atoms. The number of hydrogen-bond donors (Lipinski definition) is 1. The summed E-state index contributed by atoms with van der Waals surface area (Å²) in [5, 5.41) is 3.24. The van der Waals surface area contributed by atoms with Crippen molar-refractivity contribution in [2.45, 2.75) is 69.0 Å². The van der Waals surface area contributed by atoms with Crippen molar-refractivity contribution in [2.24, 2.45) is 0 Å². The number of carbonyl (C=O) groups excluding carboxylic acids is 2. The molecule has 0 saturated heterocycles. The molecule has 0 spiro atoms. The SMILES string of the molecule is CCOc1ccc(S(=O)(=O)N(CC(=O)N(Cc2ccccc2)[C@@H](Cc2ccccc2)C(=O)NC2CCCCC2)c2ccccc2)cc1. The number of sulfonamides is 1. The topological polar surface area (TPSA) is 96.0 Å². The molecule has 1 N–H and O–H groups in total. The van der Waals surface area contributed by atoms with Gasteiger partial charge in [-0.25, -0.2) is 8.42 Å². The van der Waals surface area contributed by atoms with Crippen molar-refractivity contribution in [2.75, 3.05) is 17.5 Å². The number of carbonyl (C=O) groups is 2. The van der Waals surface area contributed by atoms with Crippen LogP contribution in [0.2, 0.25) is 0 Å². The van der Waals surface area contributed by atoms with E-state index in [1.165, 1.54) is 12.1 Å². The normalized spacial score (nSPS) is 14.1. The summed E-state index contributed by atoms with van der Waals surface area (Å²) in [5.41, 5.74) is 2.09. The molecule has 0 heterocycles. The summed E-state index contributed by atoms with van der Waals surface area (Å²) in [6, 6.07) is 33.1. The van der Waals surface area contributed by atoms with Crippen LogP contribution in [0.1, 0.15) is 50.2 Å². The van der Waals surface area contributed by atoms with Gasteiger partial charge in [-0.15, -0.1) is 0 Å². The van der Waals surface area contributed by atoms with Gasteiger partial charge in [-0.3, -0.25) is 13.9 Å². The van der Waals surface area contributed by atoms with Gasteiger partial charge in [0.1, 0.15) is 18.3 Å². The average molecular weight is 654 g/mol. The average Bonchev–Trinajstić information content (AvgIpc) is 3.10. The Labute approximate surface area is 278 Å². The molecule has 47 heavy (non-hydrogen) atoms. The highest BCUT2D eigenvalue weighted by molar-refractivity contribution is 7.92. The molecule has 1 saturated carbocycles. The molecule has 1 fully saturated rings. The van der Waals surface area contributed by atoms with Crippen LogP contribution in [-0.2, 0) is 32.6 Å². The molecular weight excluding hydrogens is 611 g/mol. The summed E-state index contributed by atoms with van der Waals surface area (Å²) in [6.45, 7) is 1.96. The van der Waals surface area contributed by atoms with Crippen molar-refractivity contribution >= 4 is 27.5 Å². The number of anilines is 1. The lowest BCUT2D eigenvalue weighted by Gasteiger charge is -2.35. The quantitative estimate of drug-likeness (QED) is 0.171. The highest BCUT2D eigenvalue weighted by Crippen LogP contribution is 2.27. The number of ether oxygens (including phenoxy) is 1. The highest BCUT2D eigenvalue weighted by atomic mass is 32.2. The van der Waals surface area contributed by atoms with E-state index in [1.54, 1.807) is 47.4 Å². The monoisotopic (exact) mass is 653 g/mol. The van der Waals surface area contributed by atoms with Gasteiger partial charge in [0.15, 0.2) is 0 Å². The highest BCUT2D eigenvalue weighted by Gasteiger charge is 2.35. The van der Waals surface area contributed by atoms with Crippen molar-refractivity contribution in [3.05, 3.63) is 126 Å². The maximum atomic E-state index is 14.6. The molecule has 0 aliphatic heterocycles. The minimum absolute atomic E-state index is 0.0306. The van der Waals surface area contributed by atoms with Gasteiger partial charge in [-0.05, 0) is 67.3 Å². The Kier molecular flexibility index (Phi) is 11.7. The van der Waals surface area contributed by atoms with Gasteiger partial charge >= 0.3 is 0 Å². The molecule has 0 aromatic heterocycles. The van der Waals surface area contributed by atoms with E-state index in [-0.39, 0.29) is 29.8 Å². The number of para-hydroxylation sites is 1. The largest absolute Gasteiger partial charge is 0.494 e. The zero-order valence-corrected chi connectivity index (χ0v) is 27.6. The van der Waals surface area contributed by atoms with Crippen molar-refractivity contribution in [3.63, 3.8) is 0 Å². The Morgan fingerprint density at radius 2 is 1.36 bits per heavy atom. The predicted molar refractivity (Wildman–Crippen MR) is 185 cm³/mol. The van der Waals surface area contributed by atoms with Crippen LogP contribution >= 0.6 is 0 Å². The second-order valence-corrected chi connectivity index (χ2v) is 13.7. The van der Waals surface area contributed by atoms with E-state index in [0.29, 0.717) is 18.0 Å². The number of nitrogens with zero attached hydrogens (tertiary/aromatic N) is 2. The fraction of sp³-hybridized carbons (Fsp3) is 0.316. The van der Waals surface area contributed by atoms with E-state index in [4.69, 9.17) is 4.74 Å². The number of hydrogen-bond acceptors (Lipinski definition) is 5. The van der Waals surface area contributed by atoms with E-state index in [1.807, 2.05) is 67.6 Å². The molecule has 1 atom stereocenters. The zero-order valence-electron chi connectivity index (χ0n) is 26.8. The molecule has 8 nitrogen and oxygen atoms in total. The number of amides is 2. The van der Waals surface area contributed by atoms with E-state index < -0.39 is 28.5 Å². The Hall–Kier alpha value is -4.63. The molecule has 4 aromatic carbocycles. The van der Waals surface area contributed by atoms with Crippen LogP contribution in [0.5, 0.6) is 5.75 Å². The third-order valence-corrected chi connectivity index (χ3v) is 10.3. The minimum atomic E-state index is -4.19. The lowest BCUT2D eigenvalue weighted by Crippen LogP contribution is -2.55. The van der Waals surface area contributed by atoms with E-state index in [9.17, 15) is 18.0 Å². The fourth-order valence-corrected chi connectivity index (χ4v) is 7.42. The summed E-state index contributed by atoms with van der Waals surface area (Å²) >= 11 is 0. The lowest BCUT2D eigenvalue weighted by atomic mass is 9.94. The zero-order chi connectivity index (χ0) is 33.1. The van der Waals surface area contributed by atoms with E-state index in [0.717, 1.165) is 47.5 Å². The Bertz CT molecular complexity index is 1680. The molecule has 4 aromatic rings. The summed E-state index contributed by atoms with van der Waals surface area (Å²) in [4.78, 5) is 30.3. The first-order valence-electron chi connectivity index (χ1n) is 16.3. The van der Waals surface area contributed by atoms with Gasteiger partial charge in [0.2, 0.25) is 11.8 Å². The number of rotatable bonds is 14. The molecule has 0 unspecified atom stereocenters. The van der Waals surface area contributed by atoms with Crippen molar-refractivity contribution in [3.8, 4) is 5.75 Å². The van der Waals surface area contributed by atoms with Crippen molar-refractivity contribution < 1.29 is 22.7 Å². The number of nitrogens with one attached hydrogen (secondary N) is 1. The molecule has 2 amide bonds. The Morgan fingerprint density at radius 3 is 1.96 bits per heavy atom. The summed E-state index contributed by atoms with van der Waals surface area (Å²) < 4.78 is 35.1. The number of benzene rings is 4. The van der Waals surface area contributed by atoms with E-state index >= 15 is 0 Å². The van der Waals surface area contributed by atoms with Crippen LogP contribution in [0.25, 0.3) is 0 Å². The maximum absolute atomic E-state index is 14.6. The van der Waals surface area contributed by atoms with Crippen LogP contribution < -0.4 is 14.4 Å². The van der Waals surface area contributed by atoms with Gasteiger partial charge < -0.3 is 15.0 Å². The van der Waals surface area contributed by atoms with Gasteiger partial charge in [-0.1, -0.05) is 98.1 Å². The van der Waals surface area contributed by atoms with Gasteiger partial charge in [-0.2, -0.15) is 0 Å². The third kappa shape index (κ3) is 9.01. The molecular formula is C38H43N3O5S. The molecule has 5 rings (SSSR count). The molecule has 1 aliphatic carbocycles. The van der Waals surface area contributed by atoms with Gasteiger partial charge in [0.25, 0.3) is 10.0 Å². The maximum Gasteiger partial charge on any atom is 0.264 e. The van der Waals surface area contributed by atoms with Crippen LogP contribution in [-0.4, -0.2) is 50.4 Å². The van der Waals surface area contributed by atoms with Crippen LogP contribution in [0, 0.1) is 0 Å². The lowest BCUT2D eigenvalue weighted by molar-refractivity contribution is -0.140. The van der Waals surface area contributed by atoms with Gasteiger partial charge in [0.05, 0.1) is 17.2 Å². The van der Waals surface area contributed by atoms with Crippen molar-refractivity contribution in [1.29, 1.82) is 0 Å². The van der Waals surface area contributed by atoms with Gasteiger partial charge in [0, 0.05) is 19.0 Å². The van der Waals surface area contributed by atoms with Crippen LogP contribution in [0.15, 0.2) is 120 Å². The van der Waals surface area contributed by atoms with Crippen molar-refractivity contribution in [1.82, 2.24) is 10.2 Å². The van der Waals surface area contributed by atoms with Crippen LogP contribution in [0.3, 0.4) is 0 Å². The first kappa shape index (κ1) is 33.7. The summed E-state index contributed by atoms with van der Waals surface area (Å²) in [7, 11) is -4.19. The Balaban J connectivity index is 1.52. The fourth-order valence-electron chi connectivity index (χ4n) is 6.00. The summed E-state index contributed by atoms with van der Waals surface area (Å²) in [6.07, 6.45) is 5.34. The molecule has 9 heteroatoms. The molecule has 0 radical (unpaired) electrons. The first-order valence-corrected chi connectivity index (χ1v) is 17.8. The first-order chi connectivity index (χ1) is 22.8. The van der Waals surface area contributed by atoms with E-state index in [2.05, 4.69) is 5.32 Å². The second-order valence-electron chi connectivity index (χ2n) is 11.8. The molecule has 1 aliphatic rings. The molecule has 246 valence electrons. The third-order valence-electron chi connectivity index (χ3n) is 8.46. The smallest absolute Gasteiger partial charge is 0.264 e. The standard InChI is InChI=1S/C38H43N3O5S/c1-2-46-34-23-25-35(26-24-34)47(44,45)41(33-21-13-6-14-22-33)29-37(42)40(28-31-17-9-4-10-18-31)36(27-30-15-7-3-8-16-30)38(43)39-32-19-11-5-12-20-32/h3-4,6-10,13-18,21-26,32,36H,2,5,11-12,19-20,27-29H2,1H3,(H,39,43)/t36-/m0/s1.